The van der Waals surface area contributed by atoms with Crippen LogP contribution in [-0.4, -0.2) is 44.2 Å². The van der Waals surface area contributed by atoms with E-state index in [2.05, 4.69) is 26.0 Å². The first-order valence-electron chi connectivity index (χ1n) is 9.15. The van der Waals surface area contributed by atoms with Gasteiger partial charge in [0.05, 0.1) is 10.9 Å². The van der Waals surface area contributed by atoms with E-state index in [1.807, 2.05) is 17.0 Å². The zero-order valence-electron chi connectivity index (χ0n) is 16.2. The van der Waals surface area contributed by atoms with Gasteiger partial charge in [-0.05, 0) is 41.7 Å². The van der Waals surface area contributed by atoms with Crippen molar-refractivity contribution in [2.75, 3.05) is 20.6 Å². The van der Waals surface area contributed by atoms with Gasteiger partial charge in [0.1, 0.15) is 0 Å². The second-order valence-corrected chi connectivity index (χ2v) is 9.60. The molecule has 1 atom stereocenters. The lowest BCUT2D eigenvalue weighted by atomic mass is 9.86. The van der Waals surface area contributed by atoms with E-state index in [4.69, 9.17) is 0 Å². The molecular weight excluding hydrogens is 360 g/mol. The number of rotatable bonds is 4. The maximum atomic E-state index is 13.3. The molecule has 27 heavy (non-hydrogen) atoms. The van der Waals surface area contributed by atoms with Crippen molar-refractivity contribution >= 4 is 15.9 Å². The molecule has 1 aliphatic heterocycles. The molecule has 2 aromatic rings. The number of sulfonamides is 1. The average Bonchev–Trinajstić information content (AvgIpc) is 2.66. The van der Waals surface area contributed by atoms with Crippen molar-refractivity contribution in [3.05, 3.63) is 65.2 Å². The molecule has 144 valence electrons. The highest BCUT2D eigenvalue weighted by Gasteiger charge is 2.33. The lowest BCUT2D eigenvalue weighted by molar-refractivity contribution is 0.0603. The summed E-state index contributed by atoms with van der Waals surface area (Å²) in [5.74, 6) is 0.128. The van der Waals surface area contributed by atoms with Crippen molar-refractivity contribution in [1.29, 1.82) is 0 Å². The monoisotopic (exact) mass is 386 g/mol. The van der Waals surface area contributed by atoms with Gasteiger partial charge in [-0.1, -0.05) is 44.2 Å². The lowest BCUT2D eigenvalue weighted by Gasteiger charge is -2.40. The molecule has 1 unspecified atom stereocenters. The molecule has 0 aromatic heterocycles. The Balaban J connectivity index is 1.99. The second kappa shape index (κ2) is 7.44. The summed E-state index contributed by atoms with van der Waals surface area (Å²) in [5.41, 5.74) is 2.87. The van der Waals surface area contributed by atoms with Gasteiger partial charge in [-0.15, -0.1) is 0 Å². The number of hydrogen-bond acceptors (Lipinski definition) is 3. The summed E-state index contributed by atoms with van der Waals surface area (Å²) >= 11 is 0. The van der Waals surface area contributed by atoms with Crippen LogP contribution in [0.5, 0.6) is 0 Å². The molecule has 0 saturated heterocycles. The highest BCUT2D eigenvalue weighted by atomic mass is 32.2. The summed E-state index contributed by atoms with van der Waals surface area (Å²) < 4.78 is 26.0. The number of fused-ring (bicyclic) bond motifs is 1. The third-order valence-corrected chi connectivity index (χ3v) is 6.89. The first kappa shape index (κ1) is 19.6. The summed E-state index contributed by atoms with van der Waals surface area (Å²) in [6, 6.07) is 14.6. The fraction of sp³-hybridized carbons (Fsp3) is 0.381. The maximum absolute atomic E-state index is 13.3. The van der Waals surface area contributed by atoms with Gasteiger partial charge in [-0.2, -0.15) is 0 Å². The third kappa shape index (κ3) is 3.64. The minimum Gasteiger partial charge on any atom is -0.331 e. The fourth-order valence-electron chi connectivity index (χ4n) is 3.71. The van der Waals surface area contributed by atoms with E-state index in [-0.39, 0.29) is 22.8 Å². The Bertz CT molecular complexity index is 951. The number of benzene rings is 2. The molecule has 0 fully saturated rings. The maximum Gasteiger partial charge on any atom is 0.254 e. The van der Waals surface area contributed by atoms with Gasteiger partial charge < -0.3 is 4.90 Å². The van der Waals surface area contributed by atoms with E-state index in [1.165, 1.54) is 37.4 Å². The molecule has 0 radical (unpaired) electrons. The van der Waals surface area contributed by atoms with Gasteiger partial charge in [-0.3, -0.25) is 4.79 Å². The van der Waals surface area contributed by atoms with Crippen LogP contribution in [0.4, 0.5) is 0 Å². The minimum atomic E-state index is -3.58. The Morgan fingerprint density at radius 2 is 1.81 bits per heavy atom. The zero-order chi connectivity index (χ0) is 19.8. The normalized spacial score (nSPS) is 17.3. The average molecular weight is 387 g/mol. The van der Waals surface area contributed by atoms with Crippen LogP contribution in [0, 0.1) is 5.92 Å². The van der Waals surface area contributed by atoms with Crippen LogP contribution in [0.3, 0.4) is 0 Å². The van der Waals surface area contributed by atoms with Crippen molar-refractivity contribution in [1.82, 2.24) is 9.21 Å². The largest absolute Gasteiger partial charge is 0.331 e. The smallest absolute Gasteiger partial charge is 0.254 e. The van der Waals surface area contributed by atoms with Gasteiger partial charge in [0.25, 0.3) is 5.91 Å². The molecule has 0 spiro atoms. The van der Waals surface area contributed by atoms with E-state index in [0.717, 1.165) is 10.7 Å². The zero-order valence-corrected chi connectivity index (χ0v) is 17.0. The van der Waals surface area contributed by atoms with E-state index in [9.17, 15) is 13.2 Å². The predicted octanol–water partition coefficient (Wildman–Crippen LogP) is 3.33. The lowest BCUT2D eigenvalue weighted by Crippen LogP contribution is -2.42. The van der Waals surface area contributed by atoms with Crippen LogP contribution in [0.1, 0.15) is 41.4 Å². The van der Waals surface area contributed by atoms with Crippen LogP contribution < -0.4 is 0 Å². The predicted molar refractivity (Wildman–Crippen MR) is 106 cm³/mol. The summed E-state index contributed by atoms with van der Waals surface area (Å²) in [4.78, 5) is 15.3. The molecular formula is C21H26N2O3S. The van der Waals surface area contributed by atoms with E-state index < -0.39 is 10.0 Å². The van der Waals surface area contributed by atoms with Crippen LogP contribution in [0.25, 0.3) is 0 Å². The Hall–Kier alpha value is -2.18. The van der Waals surface area contributed by atoms with E-state index >= 15 is 0 Å². The SMILES string of the molecule is CC(C)C1c2ccccc2CCN1C(=O)c1cccc(S(=O)(=O)N(C)C)c1. The van der Waals surface area contributed by atoms with Crippen molar-refractivity contribution < 1.29 is 13.2 Å². The third-order valence-electron chi connectivity index (χ3n) is 5.08. The van der Waals surface area contributed by atoms with Crippen molar-refractivity contribution in [2.45, 2.75) is 31.2 Å². The van der Waals surface area contributed by atoms with E-state index in [0.29, 0.717) is 12.1 Å². The van der Waals surface area contributed by atoms with Crippen molar-refractivity contribution in [3.8, 4) is 0 Å². The highest BCUT2D eigenvalue weighted by molar-refractivity contribution is 7.89. The minimum absolute atomic E-state index is 0.0171. The van der Waals surface area contributed by atoms with Crippen LogP contribution in [-0.2, 0) is 16.4 Å². The molecule has 1 heterocycles. The van der Waals surface area contributed by atoms with Gasteiger partial charge in [0, 0.05) is 26.2 Å². The van der Waals surface area contributed by atoms with Crippen LogP contribution in [0.2, 0.25) is 0 Å². The number of carbonyl (C=O) groups excluding carboxylic acids is 1. The molecule has 2 aromatic carbocycles. The second-order valence-electron chi connectivity index (χ2n) is 7.45. The Morgan fingerprint density at radius 3 is 2.48 bits per heavy atom. The van der Waals surface area contributed by atoms with Gasteiger partial charge in [-0.25, -0.2) is 12.7 Å². The number of nitrogens with zero attached hydrogens (tertiary/aromatic N) is 2. The number of amides is 1. The number of carbonyl (C=O) groups is 1. The molecule has 0 aliphatic carbocycles. The molecule has 0 saturated carbocycles. The molecule has 0 bridgehead atoms. The molecule has 6 heteroatoms. The van der Waals surface area contributed by atoms with Gasteiger partial charge >= 0.3 is 0 Å². The molecule has 0 N–H and O–H groups in total. The molecule has 1 amide bonds. The summed E-state index contributed by atoms with van der Waals surface area (Å²) in [5, 5.41) is 0. The van der Waals surface area contributed by atoms with Crippen LogP contribution in [0.15, 0.2) is 53.4 Å². The fourth-order valence-corrected chi connectivity index (χ4v) is 4.66. The standard InChI is InChI=1S/C21H26N2O3S/c1-15(2)20-19-11-6-5-8-16(19)12-13-23(20)21(24)17-9-7-10-18(14-17)27(25,26)22(3)4/h5-11,14-15,20H,12-13H2,1-4H3. The Labute approximate surface area is 161 Å². The summed E-state index contributed by atoms with van der Waals surface area (Å²) in [7, 11) is -0.607. The van der Waals surface area contributed by atoms with Gasteiger partial charge in [0.15, 0.2) is 0 Å². The summed E-state index contributed by atoms with van der Waals surface area (Å²) in [6.07, 6.45) is 0.806. The first-order chi connectivity index (χ1) is 12.7. The quantitative estimate of drug-likeness (QED) is 0.810. The van der Waals surface area contributed by atoms with Crippen molar-refractivity contribution in [3.63, 3.8) is 0 Å². The summed E-state index contributed by atoms with van der Waals surface area (Å²) in [6.45, 7) is 4.85. The Kier molecular flexibility index (Phi) is 5.40. The van der Waals surface area contributed by atoms with E-state index in [1.54, 1.807) is 12.1 Å². The molecule has 3 rings (SSSR count). The topological polar surface area (TPSA) is 57.7 Å². The number of hydrogen-bond donors (Lipinski definition) is 0. The van der Waals surface area contributed by atoms with Crippen LogP contribution >= 0.6 is 0 Å². The molecule has 1 aliphatic rings. The van der Waals surface area contributed by atoms with Crippen molar-refractivity contribution in [2.24, 2.45) is 5.92 Å². The highest BCUT2D eigenvalue weighted by Crippen LogP contribution is 2.36. The van der Waals surface area contributed by atoms with Gasteiger partial charge in [0.2, 0.25) is 10.0 Å². The molecule has 5 nitrogen and oxygen atoms in total. The Morgan fingerprint density at radius 1 is 1.11 bits per heavy atom. The first-order valence-corrected chi connectivity index (χ1v) is 10.6.